The fourth-order valence-electron chi connectivity index (χ4n) is 3.61. The standard InChI is InChI=1S/C23H23N3O4S/c1-25(18-8-4-3-5-9-18)23(27)24-21-10-6-7-17-15-16-26(22(17)21)31(28,29)20-13-11-19(30-2)12-14-20/h3-14H,15-16H2,1-2H3,(H,24,27). The number of carbonyl (C=O) groups excluding carboxylic acids is 1. The minimum Gasteiger partial charge on any atom is -0.497 e. The van der Waals surface area contributed by atoms with E-state index in [1.165, 1.54) is 28.4 Å². The molecule has 0 radical (unpaired) electrons. The number of sulfonamides is 1. The van der Waals surface area contributed by atoms with E-state index in [1.807, 2.05) is 42.5 Å². The first-order chi connectivity index (χ1) is 14.9. The molecule has 0 aliphatic carbocycles. The van der Waals surface area contributed by atoms with Crippen LogP contribution in [-0.4, -0.2) is 35.2 Å². The zero-order chi connectivity index (χ0) is 22.0. The molecule has 160 valence electrons. The first-order valence-corrected chi connectivity index (χ1v) is 11.2. The summed E-state index contributed by atoms with van der Waals surface area (Å²) in [6, 6.07) is 20.6. The Morgan fingerprint density at radius 3 is 2.39 bits per heavy atom. The van der Waals surface area contributed by atoms with E-state index in [1.54, 1.807) is 25.2 Å². The largest absolute Gasteiger partial charge is 0.497 e. The van der Waals surface area contributed by atoms with Crippen LogP contribution in [-0.2, 0) is 16.4 Å². The Morgan fingerprint density at radius 2 is 1.71 bits per heavy atom. The number of rotatable bonds is 5. The second-order valence-corrected chi connectivity index (χ2v) is 9.00. The summed E-state index contributed by atoms with van der Waals surface area (Å²) >= 11 is 0. The lowest BCUT2D eigenvalue weighted by molar-refractivity contribution is 0.258. The van der Waals surface area contributed by atoms with Gasteiger partial charge in [0.05, 0.1) is 23.4 Å². The summed E-state index contributed by atoms with van der Waals surface area (Å²) in [5.74, 6) is 0.581. The third kappa shape index (κ3) is 3.94. The van der Waals surface area contributed by atoms with Gasteiger partial charge in [-0.25, -0.2) is 13.2 Å². The van der Waals surface area contributed by atoms with Crippen LogP contribution >= 0.6 is 0 Å². The number of nitrogens with one attached hydrogen (secondary N) is 1. The number of methoxy groups -OCH3 is 1. The predicted octanol–water partition coefficient (Wildman–Crippen LogP) is 4.11. The van der Waals surface area contributed by atoms with Crippen LogP contribution in [0.5, 0.6) is 5.75 Å². The number of amides is 2. The van der Waals surface area contributed by atoms with Gasteiger partial charge in [0, 0.05) is 19.3 Å². The van der Waals surface area contributed by atoms with Crippen molar-refractivity contribution in [1.29, 1.82) is 0 Å². The minimum absolute atomic E-state index is 0.170. The van der Waals surface area contributed by atoms with Crippen LogP contribution in [0, 0.1) is 0 Å². The average Bonchev–Trinajstić information content (AvgIpc) is 3.25. The number of benzene rings is 3. The van der Waals surface area contributed by atoms with Crippen molar-refractivity contribution in [3.05, 3.63) is 78.4 Å². The summed E-state index contributed by atoms with van der Waals surface area (Å²) in [6.45, 7) is 0.311. The van der Waals surface area contributed by atoms with Gasteiger partial charge < -0.3 is 10.1 Å². The van der Waals surface area contributed by atoms with Crippen LogP contribution in [0.25, 0.3) is 0 Å². The molecule has 3 aromatic rings. The van der Waals surface area contributed by atoms with Crippen LogP contribution in [0.15, 0.2) is 77.7 Å². The second-order valence-electron chi connectivity index (χ2n) is 7.14. The van der Waals surface area contributed by atoms with Crippen LogP contribution in [0.4, 0.5) is 21.9 Å². The number of hydrogen-bond donors (Lipinski definition) is 1. The lowest BCUT2D eigenvalue weighted by Crippen LogP contribution is -2.33. The topological polar surface area (TPSA) is 79.0 Å². The highest BCUT2D eigenvalue weighted by molar-refractivity contribution is 7.92. The highest BCUT2D eigenvalue weighted by Crippen LogP contribution is 2.39. The second kappa shape index (κ2) is 8.31. The maximum Gasteiger partial charge on any atom is 0.326 e. The van der Waals surface area contributed by atoms with Gasteiger partial charge in [0.25, 0.3) is 10.0 Å². The van der Waals surface area contributed by atoms with Crippen molar-refractivity contribution in [1.82, 2.24) is 0 Å². The first kappa shape index (κ1) is 20.7. The van der Waals surface area contributed by atoms with Gasteiger partial charge in [-0.3, -0.25) is 9.21 Å². The van der Waals surface area contributed by atoms with E-state index in [4.69, 9.17) is 4.74 Å². The van der Waals surface area contributed by atoms with Crippen LogP contribution in [0.3, 0.4) is 0 Å². The van der Waals surface area contributed by atoms with E-state index in [2.05, 4.69) is 5.32 Å². The van der Waals surface area contributed by atoms with Crippen LogP contribution in [0.2, 0.25) is 0 Å². The van der Waals surface area contributed by atoms with Crippen molar-refractivity contribution < 1.29 is 17.9 Å². The van der Waals surface area contributed by atoms with E-state index in [9.17, 15) is 13.2 Å². The number of hydrogen-bond acceptors (Lipinski definition) is 4. The summed E-state index contributed by atoms with van der Waals surface area (Å²) in [5, 5.41) is 2.87. The molecule has 0 aromatic heterocycles. The lowest BCUT2D eigenvalue weighted by atomic mass is 10.1. The predicted molar refractivity (Wildman–Crippen MR) is 122 cm³/mol. The van der Waals surface area contributed by atoms with Gasteiger partial charge in [0.1, 0.15) is 5.75 Å². The van der Waals surface area contributed by atoms with E-state index in [-0.39, 0.29) is 10.9 Å². The molecule has 1 aliphatic heterocycles. The van der Waals surface area contributed by atoms with Crippen molar-refractivity contribution >= 4 is 33.1 Å². The Morgan fingerprint density at radius 1 is 1.00 bits per heavy atom. The number of para-hydroxylation sites is 2. The fraction of sp³-hybridized carbons (Fsp3) is 0.174. The molecular weight excluding hydrogens is 414 g/mol. The molecule has 0 saturated heterocycles. The smallest absolute Gasteiger partial charge is 0.326 e. The molecule has 7 nitrogen and oxygen atoms in total. The minimum atomic E-state index is -3.79. The van der Waals surface area contributed by atoms with Crippen molar-refractivity contribution in [2.45, 2.75) is 11.3 Å². The van der Waals surface area contributed by atoms with Crippen molar-refractivity contribution in [2.24, 2.45) is 0 Å². The summed E-state index contributed by atoms with van der Waals surface area (Å²) < 4.78 is 33.2. The molecule has 0 bridgehead atoms. The maximum atomic E-state index is 13.4. The molecular formula is C23H23N3O4S. The Bertz CT molecular complexity index is 1200. The molecule has 0 spiro atoms. The monoisotopic (exact) mass is 437 g/mol. The molecule has 0 unspecified atom stereocenters. The molecule has 1 heterocycles. The molecule has 0 saturated carbocycles. The van der Waals surface area contributed by atoms with Crippen molar-refractivity contribution in [3.8, 4) is 5.75 Å². The SMILES string of the molecule is COc1ccc(S(=O)(=O)N2CCc3cccc(NC(=O)N(C)c4ccccc4)c32)cc1. The zero-order valence-corrected chi connectivity index (χ0v) is 18.1. The molecule has 2 amide bonds. The number of anilines is 3. The zero-order valence-electron chi connectivity index (χ0n) is 17.3. The summed E-state index contributed by atoms with van der Waals surface area (Å²) in [5.41, 5.74) is 2.57. The number of ether oxygens (including phenoxy) is 1. The van der Waals surface area contributed by atoms with E-state index < -0.39 is 10.0 Å². The van der Waals surface area contributed by atoms with Crippen molar-refractivity contribution in [2.75, 3.05) is 35.2 Å². The Hall–Kier alpha value is -3.52. The van der Waals surface area contributed by atoms with E-state index in [0.717, 1.165) is 11.3 Å². The van der Waals surface area contributed by atoms with E-state index >= 15 is 0 Å². The Balaban J connectivity index is 1.65. The van der Waals surface area contributed by atoms with E-state index in [0.29, 0.717) is 30.1 Å². The van der Waals surface area contributed by atoms with Crippen LogP contribution < -0.4 is 19.3 Å². The maximum absolute atomic E-state index is 13.4. The summed E-state index contributed by atoms with van der Waals surface area (Å²) in [7, 11) is -0.599. The molecule has 4 rings (SSSR count). The van der Waals surface area contributed by atoms with Gasteiger partial charge in [-0.2, -0.15) is 0 Å². The molecule has 0 atom stereocenters. The van der Waals surface area contributed by atoms with Crippen molar-refractivity contribution in [3.63, 3.8) is 0 Å². The van der Waals surface area contributed by atoms with Gasteiger partial charge in [0.2, 0.25) is 0 Å². The third-order valence-electron chi connectivity index (χ3n) is 5.29. The quantitative estimate of drug-likeness (QED) is 0.651. The van der Waals surface area contributed by atoms with Crippen LogP contribution in [0.1, 0.15) is 5.56 Å². The third-order valence-corrected chi connectivity index (χ3v) is 7.10. The van der Waals surface area contributed by atoms with Gasteiger partial charge in [0.15, 0.2) is 0 Å². The molecule has 3 aromatic carbocycles. The molecule has 31 heavy (non-hydrogen) atoms. The number of carbonyl (C=O) groups is 1. The molecule has 1 N–H and O–H groups in total. The van der Waals surface area contributed by atoms with Gasteiger partial charge >= 0.3 is 6.03 Å². The van der Waals surface area contributed by atoms with Gasteiger partial charge in [-0.15, -0.1) is 0 Å². The first-order valence-electron chi connectivity index (χ1n) is 9.80. The molecule has 8 heteroatoms. The average molecular weight is 438 g/mol. The summed E-state index contributed by atoms with van der Waals surface area (Å²) in [6.07, 6.45) is 0.572. The normalized spacial score (nSPS) is 12.9. The molecule has 0 fully saturated rings. The Kier molecular flexibility index (Phi) is 5.56. The fourth-order valence-corrected chi connectivity index (χ4v) is 5.13. The van der Waals surface area contributed by atoms with Gasteiger partial charge in [-0.05, 0) is 54.4 Å². The number of urea groups is 1. The molecule has 1 aliphatic rings. The highest BCUT2D eigenvalue weighted by atomic mass is 32.2. The summed E-state index contributed by atoms with van der Waals surface area (Å²) in [4.78, 5) is 14.5. The Labute approximate surface area is 181 Å². The number of fused-ring (bicyclic) bond motifs is 1. The lowest BCUT2D eigenvalue weighted by Gasteiger charge is -2.24. The highest BCUT2D eigenvalue weighted by Gasteiger charge is 2.33. The van der Waals surface area contributed by atoms with Gasteiger partial charge in [-0.1, -0.05) is 30.3 Å². The number of nitrogens with zero attached hydrogens (tertiary/aromatic N) is 2.